The number of hydrogen-bond donors (Lipinski definition) is 1. The van der Waals surface area contributed by atoms with Crippen molar-refractivity contribution in [2.24, 2.45) is 0 Å². The van der Waals surface area contributed by atoms with E-state index in [2.05, 4.69) is 42.0 Å². The van der Waals surface area contributed by atoms with Crippen LogP contribution in [0.1, 0.15) is 16.1 Å². The zero-order valence-corrected chi connectivity index (χ0v) is 14.5. The number of ether oxygens (including phenoxy) is 1. The molecule has 0 saturated heterocycles. The fraction of sp³-hybridized carbons (Fsp3) is 0.154. The number of esters is 1. The van der Waals surface area contributed by atoms with E-state index in [-0.39, 0.29) is 17.3 Å². The van der Waals surface area contributed by atoms with E-state index in [1.54, 1.807) is 12.1 Å². The van der Waals surface area contributed by atoms with Crippen molar-refractivity contribution in [2.45, 2.75) is 5.75 Å². The first-order chi connectivity index (χ1) is 10.4. The summed E-state index contributed by atoms with van der Waals surface area (Å²) in [5.74, 6) is -1.15. The number of hydrogen-bond acceptors (Lipinski definition) is 6. The molecular weight excluding hydrogens is 421 g/mol. The molecule has 1 N–H and O–H groups in total. The predicted octanol–water partition coefficient (Wildman–Crippen LogP) is 1.81. The van der Waals surface area contributed by atoms with Gasteiger partial charge in [0.15, 0.2) is 11.5 Å². The van der Waals surface area contributed by atoms with E-state index in [0.717, 1.165) is 3.57 Å². The van der Waals surface area contributed by atoms with Gasteiger partial charge in [-0.15, -0.1) is 0 Å². The molecule has 9 heteroatoms. The van der Waals surface area contributed by atoms with Crippen molar-refractivity contribution >= 4 is 44.4 Å². The topological polar surface area (TPSA) is 98.2 Å². The third-order valence-corrected chi connectivity index (χ3v) is 4.88. The van der Waals surface area contributed by atoms with E-state index in [1.807, 2.05) is 12.1 Å². The second-order valence-corrected chi connectivity index (χ2v) is 7.08. The van der Waals surface area contributed by atoms with Gasteiger partial charge in [-0.2, -0.15) is 0 Å². The normalized spacial score (nSPS) is 11.0. The molecule has 0 saturated carbocycles. The third-order valence-electron chi connectivity index (χ3n) is 2.63. The van der Waals surface area contributed by atoms with Crippen LogP contribution < -0.4 is 4.72 Å². The Balaban J connectivity index is 2.27. The van der Waals surface area contributed by atoms with Crippen molar-refractivity contribution in [3.8, 4) is 0 Å². The number of nitrogens with zero attached hydrogens (tertiary/aromatic N) is 2. The molecule has 0 aliphatic carbocycles. The van der Waals surface area contributed by atoms with Crippen molar-refractivity contribution in [3.05, 3.63) is 51.5 Å². The van der Waals surface area contributed by atoms with Crippen LogP contribution in [-0.4, -0.2) is 31.5 Å². The molecule has 0 atom stereocenters. The lowest BCUT2D eigenvalue weighted by Gasteiger charge is -2.10. The van der Waals surface area contributed by atoms with Gasteiger partial charge in [-0.3, -0.25) is 4.72 Å². The van der Waals surface area contributed by atoms with Gasteiger partial charge in [0.2, 0.25) is 10.0 Å². The van der Waals surface area contributed by atoms with Crippen molar-refractivity contribution < 1.29 is 17.9 Å². The molecule has 22 heavy (non-hydrogen) atoms. The molecule has 0 aliphatic rings. The Morgan fingerprint density at radius 1 is 1.27 bits per heavy atom. The quantitative estimate of drug-likeness (QED) is 0.571. The average molecular weight is 433 g/mol. The van der Waals surface area contributed by atoms with Crippen LogP contribution in [0.3, 0.4) is 0 Å². The maximum atomic E-state index is 12.3. The van der Waals surface area contributed by atoms with E-state index in [9.17, 15) is 13.2 Å². The van der Waals surface area contributed by atoms with E-state index < -0.39 is 16.0 Å². The lowest BCUT2D eigenvalue weighted by molar-refractivity contribution is 0.0595. The van der Waals surface area contributed by atoms with Gasteiger partial charge in [0, 0.05) is 16.0 Å². The van der Waals surface area contributed by atoms with Gasteiger partial charge in [-0.05, 0) is 34.2 Å². The van der Waals surface area contributed by atoms with E-state index >= 15 is 0 Å². The number of halogens is 1. The maximum absolute atomic E-state index is 12.3. The van der Waals surface area contributed by atoms with Crippen LogP contribution in [0.4, 0.5) is 5.82 Å². The number of methoxy groups -OCH3 is 1. The van der Waals surface area contributed by atoms with Crippen molar-refractivity contribution in [2.75, 3.05) is 11.8 Å². The monoisotopic (exact) mass is 433 g/mol. The highest BCUT2D eigenvalue weighted by atomic mass is 127. The van der Waals surface area contributed by atoms with Crippen molar-refractivity contribution in [3.63, 3.8) is 0 Å². The van der Waals surface area contributed by atoms with Crippen molar-refractivity contribution in [1.29, 1.82) is 0 Å². The standard InChI is InChI=1S/C13H12IN3O4S/c1-21-13(18)11-12(16-7-6-15-11)17-22(19,20)8-9-4-2-3-5-10(9)14/h2-7H,8H2,1H3,(H,16,17). The number of carbonyl (C=O) groups excluding carboxylic acids is 1. The molecule has 0 unspecified atom stereocenters. The average Bonchev–Trinajstić information content (AvgIpc) is 2.49. The fourth-order valence-corrected chi connectivity index (χ4v) is 3.68. The minimum absolute atomic E-state index is 0.153. The molecule has 0 aliphatic heterocycles. The smallest absolute Gasteiger partial charge is 0.360 e. The summed E-state index contributed by atoms with van der Waals surface area (Å²) in [6.45, 7) is 0. The number of sulfonamides is 1. The Kier molecular flexibility index (Phi) is 5.29. The highest BCUT2D eigenvalue weighted by molar-refractivity contribution is 14.1. The van der Waals surface area contributed by atoms with Crippen LogP contribution in [0.5, 0.6) is 0 Å². The van der Waals surface area contributed by atoms with Crippen LogP contribution in [0, 0.1) is 3.57 Å². The molecule has 116 valence electrons. The van der Waals surface area contributed by atoms with Gasteiger partial charge < -0.3 is 4.74 Å². The van der Waals surface area contributed by atoms with Gasteiger partial charge in [-0.25, -0.2) is 23.2 Å². The second-order valence-electron chi connectivity index (χ2n) is 4.20. The number of benzene rings is 1. The number of nitrogens with one attached hydrogen (secondary N) is 1. The lowest BCUT2D eigenvalue weighted by Crippen LogP contribution is -2.20. The van der Waals surface area contributed by atoms with Gasteiger partial charge >= 0.3 is 5.97 Å². The Morgan fingerprint density at radius 2 is 1.95 bits per heavy atom. The second kappa shape index (κ2) is 7.01. The van der Waals surface area contributed by atoms with E-state index in [1.165, 1.54) is 19.5 Å². The minimum Gasteiger partial charge on any atom is -0.464 e. The number of carbonyl (C=O) groups is 1. The zero-order valence-electron chi connectivity index (χ0n) is 11.5. The summed E-state index contributed by atoms with van der Waals surface area (Å²) in [6, 6.07) is 7.12. The Bertz CT molecular complexity index is 795. The number of aromatic nitrogens is 2. The van der Waals surface area contributed by atoms with Crippen LogP contribution >= 0.6 is 22.6 Å². The first kappa shape index (κ1) is 16.6. The predicted molar refractivity (Wildman–Crippen MR) is 88.8 cm³/mol. The minimum atomic E-state index is -3.74. The molecule has 0 fully saturated rings. The fourth-order valence-electron chi connectivity index (χ4n) is 1.66. The highest BCUT2D eigenvalue weighted by Crippen LogP contribution is 2.17. The molecule has 0 amide bonds. The first-order valence-corrected chi connectivity index (χ1v) is 8.79. The van der Waals surface area contributed by atoms with Gasteiger partial charge in [0.1, 0.15) is 0 Å². The molecule has 0 bridgehead atoms. The van der Waals surface area contributed by atoms with Crippen LogP contribution in [0.2, 0.25) is 0 Å². The van der Waals surface area contributed by atoms with Gasteiger partial charge in [0.25, 0.3) is 0 Å². The molecule has 0 spiro atoms. The van der Waals surface area contributed by atoms with Gasteiger partial charge in [0.05, 0.1) is 12.9 Å². The SMILES string of the molecule is COC(=O)c1nccnc1NS(=O)(=O)Cc1ccccc1I. The largest absolute Gasteiger partial charge is 0.464 e. The summed E-state index contributed by atoms with van der Waals surface area (Å²) in [5, 5.41) is 0. The van der Waals surface area contributed by atoms with Crippen LogP contribution in [0.15, 0.2) is 36.7 Å². The molecule has 2 aromatic rings. The molecule has 2 rings (SSSR count). The maximum Gasteiger partial charge on any atom is 0.360 e. The zero-order chi connectivity index (χ0) is 16.2. The van der Waals surface area contributed by atoms with Crippen LogP contribution in [0.25, 0.3) is 0 Å². The molecule has 1 aromatic heterocycles. The van der Waals surface area contributed by atoms with Crippen molar-refractivity contribution in [1.82, 2.24) is 9.97 Å². The van der Waals surface area contributed by atoms with E-state index in [0.29, 0.717) is 5.56 Å². The summed E-state index contributed by atoms with van der Waals surface area (Å²) in [5.41, 5.74) is 0.468. The number of anilines is 1. The van der Waals surface area contributed by atoms with Gasteiger partial charge in [-0.1, -0.05) is 18.2 Å². The molecule has 1 aromatic carbocycles. The molecule has 7 nitrogen and oxygen atoms in total. The molecule has 0 radical (unpaired) electrons. The molecule has 1 heterocycles. The summed E-state index contributed by atoms with van der Waals surface area (Å²) in [4.78, 5) is 19.2. The first-order valence-electron chi connectivity index (χ1n) is 6.06. The Morgan fingerprint density at radius 3 is 2.64 bits per heavy atom. The lowest BCUT2D eigenvalue weighted by atomic mass is 10.2. The summed E-state index contributed by atoms with van der Waals surface area (Å²) < 4.78 is 32.2. The highest BCUT2D eigenvalue weighted by Gasteiger charge is 2.20. The summed E-state index contributed by atoms with van der Waals surface area (Å²) >= 11 is 2.06. The molecular formula is C13H12IN3O4S. The summed E-state index contributed by atoms with van der Waals surface area (Å²) in [6.07, 6.45) is 2.57. The third kappa shape index (κ3) is 4.13. The summed E-state index contributed by atoms with van der Waals surface area (Å²) in [7, 11) is -2.56. The van der Waals surface area contributed by atoms with E-state index in [4.69, 9.17) is 0 Å². The Labute approximate surface area is 141 Å². The Hall–Kier alpha value is -1.75. The van der Waals surface area contributed by atoms with Crippen LogP contribution in [-0.2, 0) is 20.5 Å². The number of rotatable bonds is 5.